The summed E-state index contributed by atoms with van der Waals surface area (Å²) in [6.07, 6.45) is 5.92. The summed E-state index contributed by atoms with van der Waals surface area (Å²) in [5.41, 5.74) is 0. The zero-order valence-electron chi connectivity index (χ0n) is 10.2. The highest BCUT2D eigenvalue weighted by Gasteiger charge is 2.11. The van der Waals surface area contributed by atoms with Crippen LogP contribution in [0.2, 0.25) is 0 Å². The first-order chi connectivity index (χ1) is 6.61. The Morgan fingerprint density at radius 2 is 1.57 bits per heavy atom. The summed E-state index contributed by atoms with van der Waals surface area (Å²) in [6.45, 7) is 8.76. The second kappa shape index (κ2) is 8.46. The molecule has 0 aliphatic rings. The van der Waals surface area contributed by atoms with E-state index in [1.165, 1.54) is 12.8 Å². The summed E-state index contributed by atoms with van der Waals surface area (Å²) in [4.78, 5) is 0. The Morgan fingerprint density at radius 3 is 2.07 bits per heavy atom. The fourth-order valence-corrected chi connectivity index (χ4v) is 3.23. The smallest absolute Gasteiger partial charge is 0.0319 e. The van der Waals surface area contributed by atoms with E-state index in [9.17, 15) is 4.21 Å². The van der Waals surface area contributed by atoms with Crippen molar-refractivity contribution in [1.29, 1.82) is 0 Å². The number of rotatable bonds is 8. The lowest BCUT2D eigenvalue weighted by Crippen LogP contribution is -2.15. The van der Waals surface area contributed by atoms with Gasteiger partial charge in [-0.15, -0.1) is 0 Å². The molecule has 0 aliphatic heterocycles. The second-order valence-electron chi connectivity index (χ2n) is 4.37. The average Bonchev–Trinajstić information content (AvgIpc) is 2.15. The van der Waals surface area contributed by atoms with E-state index in [1.54, 1.807) is 0 Å². The van der Waals surface area contributed by atoms with Crippen LogP contribution < -0.4 is 0 Å². The molecule has 0 spiro atoms. The molecule has 0 saturated heterocycles. The Labute approximate surface area is 92.1 Å². The zero-order valence-corrected chi connectivity index (χ0v) is 11.0. The summed E-state index contributed by atoms with van der Waals surface area (Å²) in [6, 6.07) is 0. The topological polar surface area (TPSA) is 17.1 Å². The van der Waals surface area contributed by atoms with Gasteiger partial charge in [0.25, 0.3) is 0 Å². The monoisotopic (exact) mass is 218 g/mol. The summed E-state index contributed by atoms with van der Waals surface area (Å²) < 4.78 is 11.8. The van der Waals surface area contributed by atoms with Gasteiger partial charge in [-0.05, 0) is 18.8 Å². The van der Waals surface area contributed by atoms with Gasteiger partial charge in [0.05, 0.1) is 0 Å². The lowest BCUT2D eigenvalue weighted by atomic mass is 10.0. The van der Waals surface area contributed by atoms with Crippen LogP contribution in [0.25, 0.3) is 0 Å². The Morgan fingerprint density at radius 1 is 1.00 bits per heavy atom. The molecule has 2 heteroatoms. The molecule has 0 saturated carbocycles. The minimum absolute atomic E-state index is 0.397. The molecule has 3 unspecified atom stereocenters. The summed E-state index contributed by atoms with van der Waals surface area (Å²) in [5.74, 6) is 1.65. The van der Waals surface area contributed by atoms with Crippen LogP contribution in [0.3, 0.4) is 0 Å². The van der Waals surface area contributed by atoms with E-state index in [0.717, 1.165) is 30.9 Å². The van der Waals surface area contributed by atoms with Crippen molar-refractivity contribution in [3.63, 3.8) is 0 Å². The Hall–Kier alpha value is 0.150. The highest BCUT2D eigenvalue weighted by atomic mass is 32.2. The molecule has 0 N–H and O–H groups in total. The van der Waals surface area contributed by atoms with Gasteiger partial charge in [0.1, 0.15) is 0 Å². The van der Waals surface area contributed by atoms with Crippen molar-refractivity contribution >= 4 is 10.8 Å². The molecule has 0 radical (unpaired) electrons. The van der Waals surface area contributed by atoms with Crippen molar-refractivity contribution in [2.75, 3.05) is 5.75 Å². The van der Waals surface area contributed by atoms with E-state index in [4.69, 9.17) is 0 Å². The summed E-state index contributed by atoms with van der Waals surface area (Å²) in [7, 11) is -0.589. The maximum absolute atomic E-state index is 11.8. The summed E-state index contributed by atoms with van der Waals surface area (Å²) in [5, 5.41) is 0.397. The molecule has 0 bridgehead atoms. The predicted octanol–water partition coefficient (Wildman–Crippen LogP) is 3.75. The van der Waals surface area contributed by atoms with Crippen LogP contribution in [-0.4, -0.2) is 15.2 Å². The van der Waals surface area contributed by atoms with Crippen molar-refractivity contribution in [3.05, 3.63) is 0 Å². The van der Waals surface area contributed by atoms with Gasteiger partial charge in [-0.2, -0.15) is 0 Å². The average molecular weight is 218 g/mol. The lowest BCUT2D eigenvalue weighted by Gasteiger charge is -2.13. The van der Waals surface area contributed by atoms with Crippen LogP contribution >= 0.6 is 0 Å². The second-order valence-corrected chi connectivity index (χ2v) is 6.34. The van der Waals surface area contributed by atoms with Gasteiger partial charge in [-0.3, -0.25) is 4.21 Å². The van der Waals surface area contributed by atoms with Crippen molar-refractivity contribution < 1.29 is 4.21 Å². The minimum Gasteiger partial charge on any atom is -0.259 e. The molecule has 0 aromatic heterocycles. The van der Waals surface area contributed by atoms with E-state index in [1.807, 2.05) is 0 Å². The maximum Gasteiger partial charge on any atom is 0.0319 e. The third kappa shape index (κ3) is 6.58. The zero-order chi connectivity index (χ0) is 11.0. The molecule has 0 fully saturated rings. The molecule has 1 nitrogen and oxygen atoms in total. The van der Waals surface area contributed by atoms with Crippen LogP contribution in [0.1, 0.15) is 59.8 Å². The van der Waals surface area contributed by atoms with Gasteiger partial charge >= 0.3 is 0 Å². The minimum atomic E-state index is -0.589. The Balaban J connectivity index is 3.61. The van der Waals surface area contributed by atoms with E-state index in [0.29, 0.717) is 5.25 Å². The van der Waals surface area contributed by atoms with Gasteiger partial charge < -0.3 is 0 Å². The van der Waals surface area contributed by atoms with Gasteiger partial charge in [-0.1, -0.05) is 47.0 Å². The number of hydrogen-bond acceptors (Lipinski definition) is 1. The normalized spacial score (nSPS) is 17.7. The third-order valence-corrected chi connectivity index (χ3v) is 4.51. The van der Waals surface area contributed by atoms with Crippen LogP contribution in [0.5, 0.6) is 0 Å². The Kier molecular flexibility index (Phi) is 8.55. The molecule has 86 valence electrons. The molecule has 0 aromatic carbocycles. The number of hydrogen-bond donors (Lipinski definition) is 0. The first-order valence-electron chi connectivity index (χ1n) is 5.98. The van der Waals surface area contributed by atoms with E-state index in [-0.39, 0.29) is 0 Å². The predicted molar refractivity (Wildman–Crippen MR) is 66.1 cm³/mol. The molecule has 0 rings (SSSR count). The molecule has 0 aliphatic carbocycles. The highest BCUT2D eigenvalue weighted by molar-refractivity contribution is 7.85. The van der Waals surface area contributed by atoms with Crippen LogP contribution in [0, 0.1) is 5.92 Å². The maximum atomic E-state index is 11.8. The van der Waals surface area contributed by atoms with E-state index >= 15 is 0 Å². The fourth-order valence-electron chi connectivity index (χ4n) is 1.69. The largest absolute Gasteiger partial charge is 0.259 e. The van der Waals surface area contributed by atoms with Gasteiger partial charge in [-0.25, -0.2) is 0 Å². The first-order valence-corrected chi connectivity index (χ1v) is 7.37. The van der Waals surface area contributed by atoms with Crippen LogP contribution in [-0.2, 0) is 10.8 Å². The van der Waals surface area contributed by atoms with Crippen molar-refractivity contribution in [2.45, 2.75) is 65.0 Å². The first kappa shape index (κ1) is 14.2. The van der Waals surface area contributed by atoms with Crippen molar-refractivity contribution in [2.24, 2.45) is 5.92 Å². The van der Waals surface area contributed by atoms with Crippen molar-refractivity contribution in [3.8, 4) is 0 Å². The quantitative estimate of drug-likeness (QED) is 0.606. The standard InChI is InChI=1S/C12H26OS/c1-5-7-11(3)9-10-14(13)12(4)8-6-2/h11-12H,5-10H2,1-4H3. The Bertz CT molecular complexity index is 156. The van der Waals surface area contributed by atoms with E-state index < -0.39 is 10.8 Å². The van der Waals surface area contributed by atoms with Gasteiger partial charge in [0.15, 0.2) is 0 Å². The van der Waals surface area contributed by atoms with Gasteiger partial charge in [0, 0.05) is 21.8 Å². The van der Waals surface area contributed by atoms with Gasteiger partial charge in [0.2, 0.25) is 0 Å². The molecule has 14 heavy (non-hydrogen) atoms. The van der Waals surface area contributed by atoms with Crippen molar-refractivity contribution in [1.82, 2.24) is 0 Å². The summed E-state index contributed by atoms with van der Waals surface area (Å²) >= 11 is 0. The third-order valence-electron chi connectivity index (χ3n) is 2.74. The molecular weight excluding hydrogens is 192 g/mol. The molecule has 0 amide bonds. The van der Waals surface area contributed by atoms with E-state index in [2.05, 4.69) is 27.7 Å². The molecule has 3 atom stereocenters. The molecule has 0 heterocycles. The SMILES string of the molecule is CCCC(C)CCS(=O)C(C)CCC. The van der Waals surface area contributed by atoms with Crippen LogP contribution in [0.15, 0.2) is 0 Å². The lowest BCUT2D eigenvalue weighted by molar-refractivity contribution is 0.509. The van der Waals surface area contributed by atoms with Crippen LogP contribution in [0.4, 0.5) is 0 Å². The highest BCUT2D eigenvalue weighted by Crippen LogP contribution is 2.13. The molecule has 0 aromatic rings. The fraction of sp³-hybridized carbons (Fsp3) is 1.00. The molecular formula is C12H26OS.